The third-order valence-electron chi connectivity index (χ3n) is 5.02. The largest absolute Gasteiger partial charge is 0.494 e. The molecule has 1 aliphatic rings. The first-order chi connectivity index (χ1) is 12.8. The molecule has 2 aromatic carbocycles. The quantitative estimate of drug-likeness (QED) is 0.736. The van der Waals surface area contributed by atoms with Gasteiger partial charge in [-0.05, 0) is 37.0 Å². The highest BCUT2D eigenvalue weighted by Crippen LogP contribution is 2.34. The summed E-state index contributed by atoms with van der Waals surface area (Å²) in [6.07, 6.45) is 3.07. The summed E-state index contributed by atoms with van der Waals surface area (Å²) in [6.45, 7) is 2.71. The Morgan fingerprint density at radius 2 is 1.65 bits per heavy atom. The minimum Gasteiger partial charge on any atom is -0.494 e. The van der Waals surface area contributed by atoms with Crippen molar-refractivity contribution < 1.29 is 14.3 Å². The molecule has 0 spiro atoms. The van der Waals surface area contributed by atoms with Gasteiger partial charge in [0.2, 0.25) is 5.91 Å². The molecule has 0 atom stereocenters. The van der Waals surface area contributed by atoms with Gasteiger partial charge in [0.15, 0.2) is 0 Å². The molecule has 0 aliphatic carbocycles. The van der Waals surface area contributed by atoms with Crippen molar-refractivity contribution in [3.63, 3.8) is 0 Å². The first-order valence-corrected chi connectivity index (χ1v) is 9.36. The Bertz CT molecular complexity index is 666. The van der Waals surface area contributed by atoms with E-state index in [-0.39, 0.29) is 11.3 Å². The number of para-hydroxylation sites is 1. The second kappa shape index (κ2) is 9.39. The lowest BCUT2D eigenvalue weighted by atomic mass is 9.74. The van der Waals surface area contributed by atoms with Gasteiger partial charge >= 0.3 is 0 Å². The Morgan fingerprint density at radius 3 is 2.35 bits per heavy atom. The van der Waals surface area contributed by atoms with E-state index in [1.165, 1.54) is 5.56 Å². The van der Waals surface area contributed by atoms with Gasteiger partial charge in [0.1, 0.15) is 5.75 Å². The molecule has 0 radical (unpaired) electrons. The molecule has 0 bridgehead atoms. The number of nitrogens with one attached hydrogen (secondary N) is 1. The topological polar surface area (TPSA) is 47.6 Å². The third kappa shape index (κ3) is 5.09. The Hall–Kier alpha value is -2.33. The Labute approximate surface area is 155 Å². The van der Waals surface area contributed by atoms with Crippen molar-refractivity contribution in [1.82, 2.24) is 5.32 Å². The molecule has 0 aromatic heterocycles. The molecular weight excluding hydrogens is 326 g/mol. The molecule has 4 nitrogen and oxygen atoms in total. The molecule has 1 saturated heterocycles. The predicted octanol–water partition coefficient (Wildman–Crippen LogP) is 3.71. The van der Waals surface area contributed by atoms with Gasteiger partial charge in [-0.2, -0.15) is 0 Å². The van der Waals surface area contributed by atoms with E-state index in [1.807, 2.05) is 36.4 Å². The lowest BCUT2D eigenvalue weighted by molar-refractivity contribution is -0.121. The minimum absolute atomic E-state index is 0.0181. The maximum absolute atomic E-state index is 12.3. The fraction of sp³-hybridized carbons (Fsp3) is 0.409. The lowest BCUT2D eigenvalue weighted by Gasteiger charge is -2.38. The van der Waals surface area contributed by atoms with E-state index in [4.69, 9.17) is 9.47 Å². The van der Waals surface area contributed by atoms with Gasteiger partial charge in [-0.1, -0.05) is 48.5 Å². The summed E-state index contributed by atoms with van der Waals surface area (Å²) in [5.41, 5.74) is 1.27. The maximum Gasteiger partial charge on any atom is 0.220 e. The average molecular weight is 353 g/mol. The fourth-order valence-corrected chi connectivity index (χ4v) is 3.42. The van der Waals surface area contributed by atoms with Crippen molar-refractivity contribution in [3.05, 3.63) is 66.2 Å². The van der Waals surface area contributed by atoms with E-state index < -0.39 is 0 Å². The molecule has 0 saturated carbocycles. The standard InChI is InChI=1S/C22H27NO3/c24-21(12-7-15-26-20-10-5-2-6-11-20)23-18-22(13-16-25-17-14-22)19-8-3-1-4-9-19/h1-6,8-11H,7,12-18H2,(H,23,24). The van der Waals surface area contributed by atoms with E-state index in [1.54, 1.807) is 0 Å². The smallest absolute Gasteiger partial charge is 0.220 e. The molecule has 26 heavy (non-hydrogen) atoms. The minimum atomic E-state index is -0.0181. The zero-order chi connectivity index (χ0) is 18.1. The Balaban J connectivity index is 1.46. The van der Waals surface area contributed by atoms with E-state index in [2.05, 4.69) is 29.6 Å². The molecule has 1 fully saturated rings. The maximum atomic E-state index is 12.3. The van der Waals surface area contributed by atoms with Crippen molar-refractivity contribution in [2.45, 2.75) is 31.1 Å². The summed E-state index contributed by atoms with van der Waals surface area (Å²) >= 11 is 0. The number of rotatable bonds is 8. The average Bonchev–Trinajstić information content (AvgIpc) is 2.72. The summed E-state index contributed by atoms with van der Waals surface area (Å²) in [7, 11) is 0. The number of benzene rings is 2. The molecule has 1 amide bonds. The normalized spacial score (nSPS) is 16.0. The highest BCUT2D eigenvalue weighted by atomic mass is 16.5. The van der Waals surface area contributed by atoms with E-state index in [0.717, 1.165) is 31.8 Å². The molecule has 1 heterocycles. The summed E-state index contributed by atoms with van der Waals surface area (Å²) < 4.78 is 11.2. The van der Waals surface area contributed by atoms with Gasteiger partial charge in [0, 0.05) is 31.6 Å². The van der Waals surface area contributed by atoms with Crippen LogP contribution in [-0.4, -0.2) is 32.3 Å². The molecule has 2 aromatic rings. The van der Waals surface area contributed by atoms with Crippen molar-refractivity contribution >= 4 is 5.91 Å². The van der Waals surface area contributed by atoms with E-state index in [9.17, 15) is 4.79 Å². The van der Waals surface area contributed by atoms with Crippen LogP contribution in [0.15, 0.2) is 60.7 Å². The van der Waals surface area contributed by atoms with Crippen molar-refractivity contribution in [1.29, 1.82) is 0 Å². The number of ether oxygens (including phenoxy) is 2. The number of hydrogen-bond acceptors (Lipinski definition) is 3. The third-order valence-corrected chi connectivity index (χ3v) is 5.02. The van der Waals surface area contributed by atoms with Crippen LogP contribution in [0.25, 0.3) is 0 Å². The van der Waals surface area contributed by atoms with Crippen LogP contribution in [0.2, 0.25) is 0 Å². The van der Waals surface area contributed by atoms with Crippen molar-refractivity contribution in [2.24, 2.45) is 0 Å². The first kappa shape index (κ1) is 18.5. The number of carbonyl (C=O) groups is 1. The second-order valence-corrected chi connectivity index (χ2v) is 6.80. The highest BCUT2D eigenvalue weighted by molar-refractivity contribution is 5.76. The monoisotopic (exact) mass is 353 g/mol. The van der Waals surface area contributed by atoms with Gasteiger partial charge < -0.3 is 14.8 Å². The van der Waals surface area contributed by atoms with Crippen molar-refractivity contribution in [2.75, 3.05) is 26.4 Å². The predicted molar refractivity (Wildman–Crippen MR) is 102 cm³/mol. The van der Waals surface area contributed by atoms with Crippen LogP contribution in [0.3, 0.4) is 0 Å². The van der Waals surface area contributed by atoms with Gasteiger partial charge in [0.25, 0.3) is 0 Å². The lowest BCUT2D eigenvalue weighted by Crippen LogP contribution is -2.44. The molecule has 0 unspecified atom stereocenters. The molecule has 1 aliphatic heterocycles. The molecule has 1 N–H and O–H groups in total. The van der Waals surface area contributed by atoms with Crippen LogP contribution in [0.1, 0.15) is 31.2 Å². The summed E-state index contributed by atoms with van der Waals surface area (Å²) in [4.78, 5) is 12.3. The van der Waals surface area contributed by atoms with Crippen molar-refractivity contribution in [3.8, 4) is 5.75 Å². The molecule has 138 valence electrons. The summed E-state index contributed by atoms with van der Waals surface area (Å²) in [6, 6.07) is 20.2. The molecule has 4 heteroatoms. The zero-order valence-electron chi connectivity index (χ0n) is 15.2. The number of amides is 1. The Kier molecular flexibility index (Phi) is 6.67. The van der Waals surface area contributed by atoms with Gasteiger partial charge in [-0.25, -0.2) is 0 Å². The molecular formula is C22H27NO3. The van der Waals surface area contributed by atoms with Crippen LogP contribution in [0.5, 0.6) is 5.75 Å². The summed E-state index contributed by atoms with van der Waals surface area (Å²) in [5.74, 6) is 0.932. The fourth-order valence-electron chi connectivity index (χ4n) is 3.42. The van der Waals surface area contributed by atoms with Crippen LogP contribution in [0.4, 0.5) is 0 Å². The number of carbonyl (C=O) groups excluding carboxylic acids is 1. The van der Waals surface area contributed by atoms with E-state index in [0.29, 0.717) is 26.0 Å². The SMILES string of the molecule is O=C(CCCOc1ccccc1)NCC1(c2ccccc2)CCOCC1. The van der Waals surface area contributed by atoms with Crippen LogP contribution in [-0.2, 0) is 14.9 Å². The van der Waals surface area contributed by atoms with Gasteiger partial charge in [-0.3, -0.25) is 4.79 Å². The summed E-state index contributed by atoms with van der Waals surface area (Å²) in [5, 5.41) is 3.14. The second-order valence-electron chi connectivity index (χ2n) is 6.80. The van der Waals surface area contributed by atoms with Gasteiger partial charge in [0.05, 0.1) is 6.61 Å². The van der Waals surface area contributed by atoms with E-state index >= 15 is 0 Å². The first-order valence-electron chi connectivity index (χ1n) is 9.36. The van der Waals surface area contributed by atoms with Gasteiger partial charge in [-0.15, -0.1) is 0 Å². The highest BCUT2D eigenvalue weighted by Gasteiger charge is 2.34. The van der Waals surface area contributed by atoms with Crippen LogP contribution in [0, 0.1) is 0 Å². The Morgan fingerprint density at radius 1 is 1.00 bits per heavy atom. The van der Waals surface area contributed by atoms with Crippen LogP contribution < -0.4 is 10.1 Å². The van der Waals surface area contributed by atoms with Crippen LogP contribution >= 0.6 is 0 Å². The zero-order valence-corrected chi connectivity index (χ0v) is 15.2. The molecule has 3 rings (SSSR count). The number of hydrogen-bond donors (Lipinski definition) is 1.